The van der Waals surface area contributed by atoms with E-state index in [2.05, 4.69) is 9.73 Å². The molecule has 0 N–H and O–H groups in total. The summed E-state index contributed by atoms with van der Waals surface area (Å²) in [5.74, 6) is -2.23. The maximum absolute atomic E-state index is 12.0. The van der Waals surface area contributed by atoms with E-state index in [1.807, 2.05) is 0 Å². The molecule has 0 radical (unpaired) electrons. The zero-order chi connectivity index (χ0) is 10.9. The summed E-state index contributed by atoms with van der Waals surface area (Å²) < 4.78 is 40.1. The molecule has 1 heterocycles. The highest BCUT2D eigenvalue weighted by Crippen LogP contribution is 2.25. The van der Waals surface area contributed by atoms with Gasteiger partial charge in [-0.05, 0) is 12.3 Å². The number of nitrogens with zero attached hydrogens (tertiary/aromatic N) is 1. The number of hydrogen-bond acceptors (Lipinski definition) is 3. The van der Waals surface area contributed by atoms with Gasteiger partial charge in [0.1, 0.15) is 0 Å². The lowest BCUT2D eigenvalue weighted by molar-refractivity contribution is -0.139. The summed E-state index contributed by atoms with van der Waals surface area (Å²) in [6.45, 7) is 3.60. The molecule has 1 aliphatic rings. The zero-order valence-electron chi connectivity index (χ0n) is 7.76. The van der Waals surface area contributed by atoms with E-state index in [-0.39, 0.29) is 12.3 Å². The molecular formula is C8H10F3NO2. The highest BCUT2D eigenvalue weighted by atomic mass is 19.4. The molecule has 0 fully saturated rings. The van der Waals surface area contributed by atoms with E-state index < -0.39 is 24.1 Å². The van der Waals surface area contributed by atoms with Crippen molar-refractivity contribution in [2.45, 2.75) is 32.5 Å². The van der Waals surface area contributed by atoms with Crippen LogP contribution in [0.2, 0.25) is 0 Å². The molecule has 0 saturated heterocycles. The standard InChI is InChI=1S/C8H10F3NO2/c1-4(2)3-5-6(13)14-7(12-5)8(9,10)11/h4-5H,3H2,1-2H3. The highest BCUT2D eigenvalue weighted by Gasteiger charge is 2.45. The Labute approximate surface area is 79.0 Å². The molecule has 0 aromatic carbocycles. The van der Waals surface area contributed by atoms with E-state index >= 15 is 0 Å². The van der Waals surface area contributed by atoms with E-state index in [1.165, 1.54) is 0 Å². The molecule has 0 spiro atoms. The van der Waals surface area contributed by atoms with E-state index in [0.29, 0.717) is 0 Å². The third-order valence-electron chi connectivity index (χ3n) is 1.68. The third-order valence-corrected chi connectivity index (χ3v) is 1.68. The van der Waals surface area contributed by atoms with E-state index in [0.717, 1.165) is 0 Å². The molecule has 1 unspecified atom stereocenters. The first-order valence-electron chi connectivity index (χ1n) is 4.17. The normalized spacial score (nSPS) is 22.6. The maximum Gasteiger partial charge on any atom is 0.468 e. The van der Waals surface area contributed by atoms with Gasteiger partial charge < -0.3 is 4.74 Å². The maximum atomic E-state index is 12.0. The fourth-order valence-electron chi connectivity index (χ4n) is 1.11. The Balaban J connectivity index is 2.72. The molecule has 0 aromatic heterocycles. The minimum absolute atomic E-state index is 0.101. The molecule has 6 heteroatoms. The van der Waals surface area contributed by atoms with Crippen LogP contribution in [0.3, 0.4) is 0 Å². The molecule has 0 saturated carbocycles. The predicted octanol–water partition coefficient (Wildman–Crippen LogP) is 1.92. The number of aliphatic imine (C=N–C) groups is 1. The van der Waals surface area contributed by atoms with Gasteiger partial charge in [0, 0.05) is 0 Å². The van der Waals surface area contributed by atoms with E-state index in [1.54, 1.807) is 13.8 Å². The average molecular weight is 209 g/mol. The van der Waals surface area contributed by atoms with Gasteiger partial charge in [-0.2, -0.15) is 13.2 Å². The van der Waals surface area contributed by atoms with Crippen molar-refractivity contribution in [3.05, 3.63) is 0 Å². The second-order valence-electron chi connectivity index (χ2n) is 3.50. The van der Waals surface area contributed by atoms with Gasteiger partial charge in [-0.1, -0.05) is 13.8 Å². The van der Waals surface area contributed by atoms with Crippen LogP contribution < -0.4 is 0 Å². The summed E-state index contributed by atoms with van der Waals surface area (Å²) in [5.41, 5.74) is 0. The van der Waals surface area contributed by atoms with Gasteiger partial charge in [-0.25, -0.2) is 9.79 Å². The molecule has 0 aromatic rings. The van der Waals surface area contributed by atoms with Crippen LogP contribution in [0.25, 0.3) is 0 Å². The summed E-state index contributed by atoms with van der Waals surface area (Å²) >= 11 is 0. The van der Waals surface area contributed by atoms with E-state index in [9.17, 15) is 18.0 Å². The zero-order valence-corrected chi connectivity index (χ0v) is 7.76. The number of carbonyl (C=O) groups excluding carboxylic acids is 1. The van der Waals surface area contributed by atoms with Crippen LogP contribution in [0.5, 0.6) is 0 Å². The smallest absolute Gasteiger partial charge is 0.401 e. The molecule has 1 aliphatic heterocycles. The summed E-state index contributed by atoms with van der Waals surface area (Å²) in [5, 5.41) is 0. The van der Waals surface area contributed by atoms with Crippen LogP contribution >= 0.6 is 0 Å². The summed E-state index contributed by atoms with van der Waals surface area (Å²) in [4.78, 5) is 14.1. The first kappa shape index (κ1) is 11.0. The van der Waals surface area contributed by atoms with Gasteiger partial charge in [-0.15, -0.1) is 0 Å². The second kappa shape index (κ2) is 3.59. The van der Waals surface area contributed by atoms with Crippen molar-refractivity contribution in [1.82, 2.24) is 0 Å². The quantitative estimate of drug-likeness (QED) is 0.651. The summed E-state index contributed by atoms with van der Waals surface area (Å²) in [7, 11) is 0. The Bertz CT molecular complexity index is 270. The van der Waals surface area contributed by atoms with Crippen molar-refractivity contribution in [3.8, 4) is 0 Å². The monoisotopic (exact) mass is 209 g/mol. The number of cyclic esters (lactones) is 1. The van der Waals surface area contributed by atoms with Crippen LogP contribution in [-0.2, 0) is 9.53 Å². The van der Waals surface area contributed by atoms with Gasteiger partial charge in [0.05, 0.1) is 0 Å². The molecule has 80 valence electrons. The molecule has 0 amide bonds. The molecular weight excluding hydrogens is 199 g/mol. The Morgan fingerprint density at radius 2 is 2.07 bits per heavy atom. The number of alkyl halides is 3. The van der Waals surface area contributed by atoms with E-state index in [4.69, 9.17) is 0 Å². The Kier molecular flexibility index (Phi) is 2.82. The van der Waals surface area contributed by atoms with Crippen molar-refractivity contribution in [3.63, 3.8) is 0 Å². The van der Waals surface area contributed by atoms with Crippen LogP contribution in [0.1, 0.15) is 20.3 Å². The highest BCUT2D eigenvalue weighted by molar-refractivity contribution is 5.99. The first-order chi connectivity index (χ1) is 6.30. The summed E-state index contributed by atoms with van der Waals surface area (Å²) in [6, 6.07) is -0.994. The van der Waals surface area contributed by atoms with Crippen molar-refractivity contribution in [2.75, 3.05) is 0 Å². The predicted molar refractivity (Wildman–Crippen MR) is 42.8 cm³/mol. The Hall–Kier alpha value is -1.07. The van der Waals surface area contributed by atoms with Gasteiger partial charge in [0.2, 0.25) is 0 Å². The summed E-state index contributed by atoms with van der Waals surface area (Å²) in [6.07, 6.45) is -4.39. The number of rotatable bonds is 2. The topological polar surface area (TPSA) is 38.7 Å². The van der Waals surface area contributed by atoms with Gasteiger partial charge in [0.15, 0.2) is 6.04 Å². The molecule has 1 rings (SSSR count). The lowest BCUT2D eigenvalue weighted by atomic mass is 10.1. The minimum Gasteiger partial charge on any atom is -0.401 e. The molecule has 14 heavy (non-hydrogen) atoms. The largest absolute Gasteiger partial charge is 0.468 e. The van der Waals surface area contributed by atoms with Gasteiger partial charge in [-0.3, -0.25) is 0 Å². The first-order valence-corrected chi connectivity index (χ1v) is 4.17. The SMILES string of the molecule is CC(C)CC1N=C(C(F)(F)F)OC1=O. The second-order valence-corrected chi connectivity index (χ2v) is 3.50. The number of hydrogen-bond donors (Lipinski definition) is 0. The van der Waals surface area contributed by atoms with Crippen molar-refractivity contribution >= 4 is 11.9 Å². The third kappa shape index (κ3) is 2.46. The number of ether oxygens (including phenoxy) is 1. The van der Waals surface area contributed by atoms with Gasteiger partial charge >= 0.3 is 18.0 Å². The van der Waals surface area contributed by atoms with Crippen LogP contribution in [0, 0.1) is 5.92 Å². The van der Waals surface area contributed by atoms with Crippen LogP contribution in [-0.4, -0.2) is 24.1 Å². The van der Waals surface area contributed by atoms with Crippen molar-refractivity contribution < 1.29 is 22.7 Å². The molecule has 3 nitrogen and oxygen atoms in total. The Morgan fingerprint density at radius 1 is 1.50 bits per heavy atom. The average Bonchev–Trinajstić information content (AvgIpc) is 2.30. The lowest BCUT2D eigenvalue weighted by Crippen LogP contribution is -2.24. The fourth-order valence-corrected chi connectivity index (χ4v) is 1.11. The molecule has 1 atom stereocenters. The fraction of sp³-hybridized carbons (Fsp3) is 0.750. The Morgan fingerprint density at radius 3 is 2.43 bits per heavy atom. The minimum atomic E-state index is -4.67. The number of esters is 1. The van der Waals surface area contributed by atoms with Crippen LogP contribution in [0.4, 0.5) is 13.2 Å². The van der Waals surface area contributed by atoms with Crippen LogP contribution in [0.15, 0.2) is 4.99 Å². The number of halogens is 3. The van der Waals surface area contributed by atoms with Gasteiger partial charge in [0.25, 0.3) is 0 Å². The van der Waals surface area contributed by atoms with Crippen molar-refractivity contribution in [2.24, 2.45) is 10.9 Å². The molecule has 0 bridgehead atoms. The molecule has 0 aliphatic carbocycles. The van der Waals surface area contributed by atoms with Crippen molar-refractivity contribution in [1.29, 1.82) is 0 Å². The lowest BCUT2D eigenvalue weighted by Gasteiger charge is -2.05. The number of carbonyl (C=O) groups is 1.